The Morgan fingerprint density at radius 3 is 2.11 bits per heavy atom. The normalized spacial score (nSPS) is 31.9. The number of methoxy groups -OCH3 is 1. The zero-order valence-corrected chi connectivity index (χ0v) is 34.9. The van der Waals surface area contributed by atoms with Crippen LogP contribution in [0.3, 0.4) is 0 Å². The summed E-state index contributed by atoms with van der Waals surface area (Å²) in [4.78, 5) is 83.4. The minimum absolute atomic E-state index is 0.000838. The summed E-state index contributed by atoms with van der Waals surface area (Å²) in [5.41, 5.74) is -7.82. The molecule has 1 aliphatic heterocycles. The lowest BCUT2D eigenvalue weighted by Crippen LogP contribution is -2.82. The van der Waals surface area contributed by atoms with Crippen LogP contribution in [0.4, 0.5) is 4.79 Å². The number of esters is 3. The van der Waals surface area contributed by atoms with Gasteiger partial charge in [0, 0.05) is 30.7 Å². The van der Waals surface area contributed by atoms with E-state index in [2.05, 4.69) is 5.32 Å². The summed E-state index contributed by atoms with van der Waals surface area (Å²) in [6, 6.07) is 17.2. The maximum atomic E-state index is 15.5. The molecule has 2 saturated carbocycles. The monoisotopic (exact) mass is 859 g/mol. The van der Waals surface area contributed by atoms with Crippen LogP contribution in [0.2, 0.25) is 0 Å². The zero-order chi connectivity index (χ0) is 44.9. The number of aliphatic hydroxyl groups excluding tert-OH is 2. The number of furan rings is 1. The van der Waals surface area contributed by atoms with E-state index in [4.69, 9.17) is 32.8 Å². The highest BCUT2D eigenvalue weighted by atomic mass is 16.8. The molecule has 1 amide bonds. The van der Waals surface area contributed by atoms with Gasteiger partial charge in [-0.25, -0.2) is 14.4 Å². The quantitative estimate of drug-likeness (QED) is 0.129. The third-order valence-electron chi connectivity index (χ3n) is 13.3. The number of aliphatic hydroxyl groups is 3. The number of ether oxygens (including phenoxy) is 6. The average molecular weight is 860 g/mol. The minimum Gasteiger partial charge on any atom is -0.467 e. The number of Topliss-reactive ketones (excluding diaryl/α,β-unsaturated/α-hetero) is 1. The second-order valence-electron chi connectivity index (χ2n) is 16.9. The van der Waals surface area contributed by atoms with E-state index in [9.17, 15) is 39.3 Å². The number of rotatable bonds is 10. The van der Waals surface area contributed by atoms with E-state index < -0.39 is 119 Å². The van der Waals surface area contributed by atoms with Crippen molar-refractivity contribution in [1.29, 1.82) is 0 Å². The van der Waals surface area contributed by atoms with Crippen molar-refractivity contribution in [1.82, 2.24) is 5.32 Å². The van der Waals surface area contributed by atoms with Crippen molar-refractivity contribution in [3.8, 4) is 0 Å². The van der Waals surface area contributed by atoms with Gasteiger partial charge in [0.2, 0.25) is 0 Å². The molecule has 17 nitrogen and oxygen atoms in total. The smallest absolute Gasteiger partial charge is 0.467 e. The Hall–Kier alpha value is -5.88. The van der Waals surface area contributed by atoms with Crippen molar-refractivity contribution < 1.29 is 76.9 Å². The molecular formula is C45H49NO16. The Labute approximate surface area is 356 Å². The standard InChI is InChI=1S/C45H49NO16/c1-23-28(60-40(53)33(49)32(27-18-13-19-57-27)46-38(51)25-14-9-7-10-15-25)21-45(55)37(61-39(52)26-16-11-8-12-17-26)35-43(5,36(50)34(59-24(2)47)31(23)42(45,3)4)29(48)20-30-44(35,22-58-30)62-41(54)56-6/h7-19,28-30,32-35,37,48-49,55H,20-22H2,1-6H3,(H,46,51)/t28-,29-,30+,32?,33+,34+,35?,37-,43+,44-,45+/m0/s1. The molecule has 330 valence electrons. The summed E-state index contributed by atoms with van der Waals surface area (Å²) >= 11 is 0. The van der Waals surface area contributed by atoms with Gasteiger partial charge in [0.15, 0.2) is 23.6 Å². The summed E-state index contributed by atoms with van der Waals surface area (Å²) in [5.74, 6) is -6.39. The summed E-state index contributed by atoms with van der Waals surface area (Å²) in [7, 11) is 1.06. The lowest BCUT2D eigenvalue weighted by Gasteiger charge is -2.67. The number of carbonyl (C=O) groups excluding carboxylic acids is 6. The predicted octanol–water partition coefficient (Wildman–Crippen LogP) is 3.55. The van der Waals surface area contributed by atoms with Gasteiger partial charge < -0.3 is 53.5 Å². The number of ketones is 1. The van der Waals surface area contributed by atoms with Gasteiger partial charge in [-0.2, -0.15) is 0 Å². The van der Waals surface area contributed by atoms with Gasteiger partial charge in [0.1, 0.15) is 35.7 Å². The van der Waals surface area contributed by atoms with Crippen LogP contribution >= 0.6 is 0 Å². The number of fused-ring (bicyclic) bond motifs is 5. The zero-order valence-electron chi connectivity index (χ0n) is 34.9. The third-order valence-corrected chi connectivity index (χ3v) is 13.3. The lowest BCUT2D eigenvalue weighted by atomic mass is 9.44. The van der Waals surface area contributed by atoms with Crippen LogP contribution in [0, 0.1) is 16.7 Å². The minimum atomic E-state index is -2.45. The molecule has 11 atom stereocenters. The number of hydrogen-bond acceptors (Lipinski definition) is 16. The Bertz CT molecular complexity index is 2260. The lowest BCUT2D eigenvalue weighted by molar-refractivity contribution is -0.344. The first-order valence-corrected chi connectivity index (χ1v) is 20.1. The Morgan fingerprint density at radius 1 is 0.903 bits per heavy atom. The van der Waals surface area contributed by atoms with Crippen LogP contribution < -0.4 is 5.32 Å². The van der Waals surface area contributed by atoms with E-state index in [1.807, 2.05) is 0 Å². The van der Waals surface area contributed by atoms with Crippen molar-refractivity contribution >= 4 is 35.8 Å². The molecule has 17 heteroatoms. The van der Waals surface area contributed by atoms with Crippen LogP contribution in [-0.4, -0.2) is 113 Å². The van der Waals surface area contributed by atoms with E-state index in [1.165, 1.54) is 70.4 Å². The summed E-state index contributed by atoms with van der Waals surface area (Å²) in [5, 5.41) is 40.0. The van der Waals surface area contributed by atoms with Gasteiger partial charge in [0.05, 0.1) is 43.0 Å². The molecule has 2 bridgehead atoms. The van der Waals surface area contributed by atoms with E-state index >= 15 is 4.79 Å². The van der Waals surface area contributed by atoms with Crippen molar-refractivity contribution in [2.75, 3.05) is 13.7 Å². The number of benzene rings is 2. The molecule has 2 heterocycles. The van der Waals surface area contributed by atoms with Crippen molar-refractivity contribution in [2.45, 2.75) is 101 Å². The van der Waals surface area contributed by atoms with Crippen LogP contribution in [0.5, 0.6) is 0 Å². The third kappa shape index (κ3) is 7.15. The molecule has 7 rings (SSSR count). The molecule has 4 N–H and O–H groups in total. The van der Waals surface area contributed by atoms with Crippen molar-refractivity contribution in [3.05, 3.63) is 107 Å². The van der Waals surface area contributed by atoms with Crippen molar-refractivity contribution in [2.24, 2.45) is 16.7 Å². The highest BCUT2D eigenvalue weighted by molar-refractivity contribution is 5.96. The molecule has 3 fully saturated rings. The molecule has 1 saturated heterocycles. The molecule has 1 aromatic heterocycles. The Kier molecular flexibility index (Phi) is 11.7. The molecule has 0 spiro atoms. The summed E-state index contributed by atoms with van der Waals surface area (Å²) < 4.78 is 40.4. The number of amides is 1. The second kappa shape index (κ2) is 16.4. The van der Waals surface area contributed by atoms with Crippen LogP contribution in [0.15, 0.2) is 94.6 Å². The average Bonchev–Trinajstić information content (AvgIpc) is 3.79. The molecule has 3 aromatic rings. The summed E-state index contributed by atoms with van der Waals surface area (Å²) in [6.07, 6.45) is -10.9. The second-order valence-corrected chi connectivity index (χ2v) is 16.9. The van der Waals surface area contributed by atoms with Gasteiger partial charge in [0.25, 0.3) is 5.91 Å². The first kappa shape index (κ1) is 44.2. The topological polar surface area (TPSA) is 244 Å². The highest BCUT2D eigenvalue weighted by Gasteiger charge is 2.78. The Balaban J connectivity index is 1.39. The molecule has 3 aliphatic carbocycles. The maximum absolute atomic E-state index is 15.5. The van der Waals surface area contributed by atoms with E-state index in [1.54, 1.807) is 36.4 Å². The van der Waals surface area contributed by atoms with Crippen LogP contribution in [-0.2, 0) is 42.8 Å². The van der Waals surface area contributed by atoms with Crippen LogP contribution in [0.1, 0.15) is 80.0 Å². The van der Waals surface area contributed by atoms with E-state index in [0.29, 0.717) is 0 Å². The molecule has 4 aliphatic rings. The summed E-state index contributed by atoms with van der Waals surface area (Å²) in [6.45, 7) is 6.59. The highest BCUT2D eigenvalue weighted by Crippen LogP contribution is 2.64. The van der Waals surface area contributed by atoms with E-state index in [0.717, 1.165) is 14.0 Å². The maximum Gasteiger partial charge on any atom is 0.508 e. The Morgan fingerprint density at radius 2 is 1.55 bits per heavy atom. The molecule has 62 heavy (non-hydrogen) atoms. The van der Waals surface area contributed by atoms with E-state index in [-0.39, 0.29) is 34.5 Å². The van der Waals surface area contributed by atoms with Crippen LogP contribution in [0.25, 0.3) is 0 Å². The van der Waals surface area contributed by atoms with Gasteiger partial charge >= 0.3 is 24.1 Å². The number of hydrogen-bond donors (Lipinski definition) is 4. The number of carbonyl (C=O) groups is 6. The van der Waals surface area contributed by atoms with Gasteiger partial charge in [-0.3, -0.25) is 14.4 Å². The molecular weight excluding hydrogens is 810 g/mol. The van der Waals surface area contributed by atoms with Gasteiger partial charge in [-0.15, -0.1) is 0 Å². The van der Waals surface area contributed by atoms with Gasteiger partial charge in [-0.1, -0.05) is 50.2 Å². The first-order chi connectivity index (χ1) is 29.3. The van der Waals surface area contributed by atoms with Crippen molar-refractivity contribution in [3.63, 3.8) is 0 Å². The predicted molar refractivity (Wildman–Crippen MR) is 212 cm³/mol. The number of nitrogens with one attached hydrogen (secondary N) is 1. The fourth-order valence-electron chi connectivity index (χ4n) is 9.88. The SMILES string of the molecule is COC(=O)O[C@@]12CO[C@@H]1C[C@H](O)[C@@]1(C)C(=O)[C@H](OC(C)=O)C3=C(C)[C@@H](OC(=O)[C@H](O)C(NC(=O)c4ccccc4)c4ccco4)C[C@@](O)([C@@H](OC(=O)c4ccccc4)C12)C3(C)C. The largest absolute Gasteiger partial charge is 0.508 e. The first-order valence-electron chi connectivity index (χ1n) is 20.1. The fraction of sp³-hybridized carbons (Fsp3) is 0.467. The molecule has 2 aromatic carbocycles. The molecule has 0 radical (unpaired) electrons. The molecule has 2 unspecified atom stereocenters. The van der Waals surface area contributed by atoms with Gasteiger partial charge in [-0.05, 0) is 61.4 Å². The fourth-order valence-corrected chi connectivity index (χ4v) is 9.88.